The number of unbranched alkanes of at least 4 members (excludes halogenated alkanes) is 3. The first-order valence-electron chi connectivity index (χ1n) is 2.90. The van der Waals surface area contributed by atoms with E-state index in [1.807, 2.05) is 0 Å². The van der Waals surface area contributed by atoms with Crippen LogP contribution in [0.1, 0.15) is 32.6 Å². The Morgan fingerprint density at radius 2 is 2.00 bits per heavy atom. The van der Waals surface area contributed by atoms with Gasteiger partial charge < -0.3 is 5.41 Å². The van der Waals surface area contributed by atoms with Crippen LogP contribution in [0.15, 0.2) is 0 Å². The fourth-order valence-electron chi connectivity index (χ4n) is 0.496. The Hall–Kier alpha value is 0.189. The van der Waals surface area contributed by atoms with Gasteiger partial charge in [-0.15, -0.1) is 0 Å². The van der Waals surface area contributed by atoms with E-state index in [1.54, 1.807) is 0 Å². The second-order valence-corrected chi connectivity index (χ2v) is 1.70. The van der Waals surface area contributed by atoms with Gasteiger partial charge in [0.05, 0.1) is 0 Å². The summed E-state index contributed by atoms with van der Waals surface area (Å²) < 4.78 is 0. The van der Waals surface area contributed by atoms with Crippen LogP contribution in [0.2, 0.25) is 0 Å². The molecule has 1 radical (unpaired) electrons. The molecule has 0 aliphatic rings. The van der Waals surface area contributed by atoms with E-state index in [9.17, 15) is 0 Å². The van der Waals surface area contributed by atoms with Gasteiger partial charge in [0, 0.05) is 17.1 Å². The van der Waals surface area contributed by atoms with Crippen molar-refractivity contribution in [2.45, 2.75) is 32.6 Å². The number of hydrogen-bond donors (Lipinski definition) is 1. The molecule has 0 atom stereocenters. The summed E-state index contributed by atoms with van der Waals surface area (Å²) in [6, 6.07) is 0. The van der Waals surface area contributed by atoms with Crippen molar-refractivity contribution in [1.29, 1.82) is 5.41 Å². The predicted octanol–water partition coefficient (Wildman–Crippen LogP) is 2.21. The topological polar surface area (TPSA) is 23.9 Å². The Morgan fingerprint density at radius 3 is 2.38 bits per heavy atom. The van der Waals surface area contributed by atoms with Crippen LogP contribution >= 0.6 is 0 Å². The molecule has 2 heteroatoms. The minimum absolute atomic E-state index is 0. The van der Waals surface area contributed by atoms with Crippen molar-refractivity contribution in [1.82, 2.24) is 0 Å². The zero-order valence-corrected chi connectivity index (χ0v) is 6.46. The molecule has 0 bridgehead atoms. The molecule has 0 rings (SSSR count). The van der Waals surface area contributed by atoms with Crippen LogP contribution in [0, 0.1) is 5.41 Å². The van der Waals surface area contributed by atoms with Gasteiger partial charge in [-0.25, -0.2) is 0 Å². The SMILES string of the molecule is CCCCCC=N.[Mn]. The standard InChI is InChI=1S/C6H13N.Mn/c1-2-3-4-5-6-7;/h6-7H,2-5H2,1H3;. The first-order chi connectivity index (χ1) is 3.41. The first kappa shape index (κ1) is 11.0. The Bertz CT molecular complexity index is 45.8. The van der Waals surface area contributed by atoms with Gasteiger partial charge in [0.15, 0.2) is 0 Å². The number of hydrogen-bond acceptors (Lipinski definition) is 1. The van der Waals surface area contributed by atoms with Crippen molar-refractivity contribution in [2.24, 2.45) is 0 Å². The smallest absolute Gasteiger partial charge is 0 e. The molecule has 0 saturated heterocycles. The first-order valence-corrected chi connectivity index (χ1v) is 2.90. The Kier molecular flexibility index (Phi) is 14.1. The average Bonchev–Trinajstić information content (AvgIpc) is 1.69. The van der Waals surface area contributed by atoms with Crippen molar-refractivity contribution in [3.8, 4) is 0 Å². The molecule has 0 fully saturated rings. The van der Waals surface area contributed by atoms with Crippen molar-refractivity contribution in [2.75, 3.05) is 0 Å². The monoisotopic (exact) mass is 154 g/mol. The molecule has 1 nitrogen and oxygen atoms in total. The van der Waals surface area contributed by atoms with Gasteiger partial charge in [-0.3, -0.25) is 0 Å². The molecule has 0 aromatic carbocycles. The quantitative estimate of drug-likeness (QED) is 0.364. The summed E-state index contributed by atoms with van der Waals surface area (Å²) in [6.45, 7) is 2.17. The molecular weight excluding hydrogens is 141 g/mol. The molecule has 0 aliphatic heterocycles. The predicted molar refractivity (Wildman–Crippen MR) is 32.9 cm³/mol. The molecule has 0 heterocycles. The minimum atomic E-state index is 0. The maximum absolute atomic E-state index is 6.66. The fraction of sp³-hybridized carbons (Fsp3) is 0.833. The fourth-order valence-corrected chi connectivity index (χ4v) is 0.496. The maximum Gasteiger partial charge on any atom is 0 e. The molecule has 49 valence electrons. The molecule has 1 N–H and O–H groups in total. The zero-order chi connectivity index (χ0) is 5.54. The molecule has 0 spiro atoms. The zero-order valence-electron chi connectivity index (χ0n) is 5.28. The van der Waals surface area contributed by atoms with Gasteiger partial charge in [0.1, 0.15) is 0 Å². The Morgan fingerprint density at radius 1 is 1.38 bits per heavy atom. The summed E-state index contributed by atoms with van der Waals surface area (Å²) in [4.78, 5) is 0. The van der Waals surface area contributed by atoms with Crippen LogP contribution in [0.4, 0.5) is 0 Å². The molecule has 0 amide bonds. The van der Waals surface area contributed by atoms with Crippen molar-refractivity contribution in [3.63, 3.8) is 0 Å². The Balaban J connectivity index is 0. The van der Waals surface area contributed by atoms with Crippen molar-refractivity contribution >= 4 is 6.21 Å². The largest absolute Gasteiger partial charge is 0.313 e. The maximum atomic E-state index is 6.66. The van der Waals surface area contributed by atoms with Crippen LogP contribution in [0.5, 0.6) is 0 Å². The van der Waals surface area contributed by atoms with Crippen LogP contribution in [0.3, 0.4) is 0 Å². The molecule has 0 aromatic rings. The molecule has 8 heavy (non-hydrogen) atoms. The van der Waals surface area contributed by atoms with Gasteiger partial charge in [-0.05, 0) is 19.1 Å². The van der Waals surface area contributed by atoms with E-state index in [-0.39, 0.29) is 17.1 Å². The molecule has 0 aromatic heterocycles. The summed E-state index contributed by atoms with van der Waals surface area (Å²) in [7, 11) is 0. The van der Waals surface area contributed by atoms with E-state index in [0.29, 0.717) is 0 Å². The van der Waals surface area contributed by atoms with E-state index < -0.39 is 0 Å². The van der Waals surface area contributed by atoms with Crippen molar-refractivity contribution < 1.29 is 17.1 Å². The van der Waals surface area contributed by atoms with Gasteiger partial charge in [-0.2, -0.15) is 0 Å². The van der Waals surface area contributed by atoms with E-state index >= 15 is 0 Å². The third kappa shape index (κ3) is 9.50. The molecule has 0 aliphatic carbocycles. The second kappa shape index (κ2) is 10.2. The van der Waals surface area contributed by atoms with Gasteiger partial charge in [0.2, 0.25) is 0 Å². The summed E-state index contributed by atoms with van der Waals surface area (Å²) >= 11 is 0. The van der Waals surface area contributed by atoms with Crippen LogP contribution < -0.4 is 0 Å². The molecule has 0 saturated carbocycles. The summed E-state index contributed by atoms with van der Waals surface area (Å²) in [5, 5.41) is 6.66. The van der Waals surface area contributed by atoms with Crippen LogP contribution in [0.25, 0.3) is 0 Å². The van der Waals surface area contributed by atoms with Crippen LogP contribution in [-0.4, -0.2) is 6.21 Å². The van der Waals surface area contributed by atoms with Gasteiger partial charge in [-0.1, -0.05) is 19.8 Å². The average molecular weight is 154 g/mol. The minimum Gasteiger partial charge on any atom is -0.313 e. The Labute approximate surface area is 61.8 Å². The number of rotatable bonds is 4. The molecule has 0 unspecified atom stereocenters. The van der Waals surface area contributed by atoms with Gasteiger partial charge in [0.25, 0.3) is 0 Å². The molecular formula is C6H13MnN. The third-order valence-electron chi connectivity index (χ3n) is 0.952. The van der Waals surface area contributed by atoms with E-state index in [2.05, 4.69) is 6.92 Å². The van der Waals surface area contributed by atoms with Crippen LogP contribution in [-0.2, 0) is 17.1 Å². The second-order valence-electron chi connectivity index (χ2n) is 1.70. The third-order valence-corrected chi connectivity index (χ3v) is 0.952. The van der Waals surface area contributed by atoms with Crippen molar-refractivity contribution in [3.05, 3.63) is 0 Å². The summed E-state index contributed by atoms with van der Waals surface area (Å²) in [5.74, 6) is 0. The van der Waals surface area contributed by atoms with E-state index in [4.69, 9.17) is 5.41 Å². The number of nitrogens with one attached hydrogen (secondary N) is 1. The summed E-state index contributed by atoms with van der Waals surface area (Å²) in [6.07, 6.45) is 6.17. The van der Waals surface area contributed by atoms with Gasteiger partial charge >= 0.3 is 0 Å². The van der Waals surface area contributed by atoms with E-state index in [1.165, 1.54) is 25.5 Å². The summed E-state index contributed by atoms with van der Waals surface area (Å²) in [5.41, 5.74) is 0. The normalized spacial score (nSPS) is 7.62. The van der Waals surface area contributed by atoms with E-state index in [0.717, 1.165) is 6.42 Å².